The molecule has 2 N–H and O–H groups in total. The number of ether oxygens (including phenoxy) is 4. The molecule has 2 aromatic carbocycles. The molecule has 8 heteroatoms. The van der Waals surface area contributed by atoms with E-state index in [0.29, 0.717) is 37.2 Å². The zero-order valence-corrected chi connectivity index (χ0v) is 20.1. The van der Waals surface area contributed by atoms with Crippen LogP contribution in [-0.2, 0) is 31.9 Å². The normalized spacial score (nSPS) is 22.5. The van der Waals surface area contributed by atoms with Gasteiger partial charge in [0.05, 0.1) is 14.2 Å². The molecule has 2 heterocycles. The van der Waals surface area contributed by atoms with Crippen molar-refractivity contribution < 1.29 is 38.7 Å². The minimum atomic E-state index is -0.907. The van der Waals surface area contributed by atoms with Crippen LogP contribution in [0.1, 0.15) is 50.7 Å². The average Bonchev–Trinajstić information content (AvgIpc) is 2.86. The van der Waals surface area contributed by atoms with Crippen LogP contribution in [0.2, 0.25) is 0 Å². The monoisotopic (exact) mass is 472 g/mol. The molecule has 4 rings (SSSR count). The number of aryl methyl sites for hydroxylation is 2. The van der Waals surface area contributed by atoms with Gasteiger partial charge in [-0.25, -0.2) is 9.59 Å². The van der Waals surface area contributed by atoms with Crippen LogP contribution in [-0.4, -0.2) is 47.6 Å². The Bertz CT molecular complexity index is 966. The van der Waals surface area contributed by atoms with E-state index in [1.807, 2.05) is 26.0 Å². The van der Waals surface area contributed by atoms with Gasteiger partial charge in [-0.05, 0) is 48.9 Å². The van der Waals surface area contributed by atoms with E-state index < -0.39 is 11.2 Å². The summed E-state index contributed by atoms with van der Waals surface area (Å²) in [5, 5.41) is 18.9. The Hall–Kier alpha value is -3.42. The van der Waals surface area contributed by atoms with Crippen molar-refractivity contribution in [1.29, 1.82) is 0 Å². The molecule has 0 unspecified atom stereocenters. The SMILES string of the molecule is CC[C@@]1(C(=O)OC)CCc2ccc(O)cc2O1.CC[C@]1(C(=O)OC)CCc2ccc(O)cc2O1. The molecule has 2 aliphatic heterocycles. The van der Waals surface area contributed by atoms with Crippen LogP contribution in [0.5, 0.6) is 23.0 Å². The van der Waals surface area contributed by atoms with E-state index in [4.69, 9.17) is 18.9 Å². The van der Waals surface area contributed by atoms with E-state index >= 15 is 0 Å². The highest BCUT2D eigenvalue weighted by Gasteiger charge is 2.44. The molecule has 0 bridgehead atoms. The van der Waals surface area contributed by atoms with Crippen molar-refractivity contribution in [2.45, 2.75) is 63.6 Å². The third-order valence-corrected chi connectivity index (χ3v) is 6.57. The van der Waals surface area contributed by atoms with Crippen LogP contribution >= 0.6 is 0 Å². The van der Waals surface area contributed by atoms with Crippen molar-refractivity contribution in [2.75, 3.05) is 14.2 Å². The summed E-state index contributed by atoms with van der Waals surface area (Å²) in [7, 11) is 2.72. The Morgan fingerprint density at radius 3 is 1.50 bits per heavy atom. The third-order valence-electron chi connectivity index (χ3n) is 6.57. The Morgan fingerprint density at radius 1 is 0.794 bits per heavy atom. The molecule has 0 fully saturated rings. The van der Waals surface area contributed by atoms with Gasteiger partial charge in [0.25, 0.3) is 0 Å². The lowest BCUT2D eigenvalue weighted by Crippen LogP contribution is -2.47. The van der Waals surface area contributed by atoms with Crippen LogP contribution < -0.4 is 9.47 Å². The van der Waals surface area contributed by atoms with Crippen molar-refractivity contribution in [3.63, 3.8) is 0 Å². The van der Waals surface area contributed by atoms with Crippen molar-refractivity contribution in [3.05, 3.63) is 47.5 Å². The number of carbonyl (C=O) groups is 2. The topological polar surface area (TPSA) is 112 Å². The fraction of sp³-hybridized carbons (Fsp3) is 0.462. The first-order chi connectivity index (χ1) is 16.2. The molecular weight excluding hydrogens is 440 g/mol. The molecule has 0 saturated carbocycles. The van der Waals surface area contributed by atoms with E-state index in [0.717, 1.165) is 24.0 Å². The van der Waals surface area contributed by atoms with Crippen LogP contribution in [0.4, 0.5) is 0 Å². The molecule has 34 heavy (non-hydrogen) atoms. The number of fused-ring (bicyclic) bond motifs is 2. The standard InChI is InChI=1S/2C13H16O4/c2*1-3-13(12(15)16-2)7-6-9-4-5-10(14)8-11(9)17-13/h2*4-5,8,14H,3,6-7H2,1-2H3/t2*13-/m10/s1. The van der Waals surface area contributed by atoms with Gasteiger partial charge in [0, 0.05) is 25.0 Å². The number of phenols is 2. The van der Waals surface area contributed by atoms with E-state index in [1.54, 1.807) is 24.3 Å². The number of aromatic hydroxyl groups is 2. The number of benzene rings is 2. The number of esters is 2. The lowest BCUT2D eigenvalue weighted by Gasteiger charge is -2.35. The molecular formula is C26H32O8. The van der Waals surface area contributed by atoms with Gasteiger partial charge in [-0.2, -0.15) is 0 Å². The molecule has 2 atom stereocenters. The van der Waals surface area contributed by atoms with Crippen LogP contribution in [0, 0.1) is 0 Å². The number of hydrogen-bond acceptors (Lipinski definition) is 8. The van der Waals surface area contributed by atoms with Gasteiger partial charge in [-0.1, -0.05) is 26.0 Å². The first-order valence-electron chi connectivity index (χ1n) is 11.4. The molecule has 2 aliphatic rings. The fourth-order valence-corrected chi connectivity index (χ4v) is 4.33. The summed E-state index contributed by atoms with van der Waals surface area (Å²) < 4.78 is 21.1. The Kier molecular flexibility index (Phi) is 7.59. The van der Waals surface area contributed by atoms with Gasteiger partial charge in [0.15, 0.2) is 0 Å². The van der Waals surface area contributed by atoms with Gasteiger partial charge in [0.2, 0.25) is 11.2 Å². The van der Waals surface area contributed by atoms with Crippen LogP contribution in [0.3, 0.4) is 0 Å². The predicted octanol–water partition coefficient (Wildman–Crippen LogP) is 4.08. The van der Waals surface area contributed by atoms with Gasteiger partial charge >= 0.3 is 11.9 Å². The van der Waals surface area contributed by atoms with Gasteiger partial charge in [-0.15, -0.1) is 0 Å². The van der Waals surface area contributed by atoms with Gasteiger partial charge < -0.3 is 29.2 Å². The summed E-state index contributed by atoms with van der Waals surface area (Å²) in [6, 6.07) is 9.98. The van der Waals surface area contributed by atoms with Crippen LogP contribution in [0.25, 0.3) is 0 Å². The van der Waals surface area contributed by atoms with E-state index in [2.05, 4.69) is 0 Å². The molecule has 0 spiro atoms. The highest BCUT2D eigenvalue weighted by atomic mass is 16.6. The Balaban J connectivity index is 0.000000191. The lowest BCUT2D eigenvalue weighted by atomic mass is 9.89. The molecule has 8 nitrogen and oxygen atoms in total. The van der Waals surface area contributed by atoms with Crippen molar-refractivity contribution in [2.24, 2.45) is 0 Å². The minimum absolute atomic E-state index is 0.139. The summed E-state index contributed by atoms with van der Waals surface area (Å²) in [5.74, 6) is 0.719. The molecule has 0 aliphatic carbocycles. The zero-order valence-electron chi connectivity index (χ0n) is 20.1. The van der Waals surface area contributed by atoms with Crippen molar-refractivity contribution in [3.8, 4) is 23.0 Å². The summed E-state index contributed by atoms with van der Waals surface area (Å²) in [6.07, 6.45) is 3.81. The zero-order chi connectivity index (χ0) is 24.9. The minimum Gasteiger partial charge on any atom is -0.508 e. The first kappa shape index (κ1) is 25.2. The second-order valence-electron chi connectivity index (χ2n) is 8.47. The van der Waals surface area contributed by atoms with Gasteiger partial charge in [-0.3, -0.25) is 0 Å². The maximum absolute atomic E-state index is 11.8. The highest BCUT2D eigenvalue weighted by molar-refractivity contribution is 5.81. The number of hydrogen-bond donors (Lipinski definition) is 2. The highest BCUT2D eigenvalue weighted by Crippen LogP contribution is 2.39. The molecule has 0 aromatic heterocycles. The lowest BCUT2D eigenvalue weighted by molar-refractivity contribution is -0.161. The maximum Gasteiger partial charge on any atom is 0.350 e. The smallest absolute Gasteiger partial charge is 0.350 e. The average molecular weight is 473 g/mol. The molecule has 0 radical (unpaired) electrons. The number of carbonyl (C=O) groups excluding carboxylic acids is 2. The van der Waals surface area contributed by atoms with E-state index in [-0.39, 0.29) is 23.4 Å². The number of rotatable bonds is 4. The molecule has 0 saturated heterocycles. The summed E-state index contributed by atoms with van der Waals surface area (Å²) in [5.41, 5.74) is 0.206. The van der Waals surface area contributed by atoms with Crippen molar-refractivity contribution >= 4 is 11.9 Å². The first-order valence-corrected chi connectivity index (χ1v) is 11.4. The van der Waals surface area contributed by atoms with E-state index in [1.165, 1.54) is 14.2 Å². The quantitative estimate of drug-likeness (QED) is 0.641. The summed E-state index contributed by atoms with van der Waals surface area (Å²) in [6.45, 7) is 3.79. The second kappa shape index (κ2) is 10.2. The largest absolute Gasteiger partial charge is 0.508 e. The molecule has 2 aromatic rings. The fourth-order valence-electron chi connectivity index (χ4n) is 4.33. The Labute approximate surface area is 199 Å². The van der Waals surface area contributed by atoms with E-state index in [9.17, 15) is 19.8 Å². The summed E-state index contributed by atoms with van der Waals surface area (Å²) in [4.78, 5) is 23.6. The third kappa shape index (κ3) is 4.90. The summed E-state index contributed by atoms with van der Waals surface area (Å²) >= 11 is 0. The molecule has 0 amide bonds. The predicted molar refractivity (Wildman–Crippen MR) is 124 cm³/mol. The number of methoxy groups -OCH3 is 2. The molecule has 184 valence electrons. The second-order valence-corrected chi connectivity index (χ2v) is 8.47. The van der Waals surface area contributed by atoms with Crippen LogP contribution in [0.15, 0.2) is 36.4 Å². The number of phenolic OH excluding ortho intramolecular Hbond substituents is 2. The van der Waals surface area contributed by atoms with Gasteiger partial charge in [0.1, 0.15) is 23.0 Å². The Morgan fingerprint density at radius 2 is 1.18 bits per heavy atom. The van der Waals surface area contributed by atoms with Crippen molar-refractivity contribution in [1.82, 2.24) is 0 Å². The maximum atomic E-state index is 11.8.